The van der Waals surface area contributed by atoms with Gasteiger partial charge in [0, 0.05) is 19.0 Å². The maximum absolute atomic E-state index is 5.80. The van der Waals surface area contributed by atoms with E-state index in [-0.39, 0.29) is 5.54 Å². The number of hydrogen-bond acceptors (Lipinski definition) is 3. The van der Waals surface area contributed by atoms with Gasteiger partial charge in [-0.1, -0.05) is 0 Å². The van der Waals surface area contributed by atoms with Gasteiger partial charge < -0.3 is 5.73 Å². The van der Waals surface area contributed by atoms with E-state index in [2.05, 4.69) is 10.2 Å². The predicted molar refractivity (Wildman–Crippen MR) is 43.0 cm³/mol. The summed E-state index contributed by atoms with van der Waals surface area (Å²) >= 11 is 0. The summed E-state index contributed by atoms with van der Waals surface area (Å²) in [6.45, 7) is 3.95. The molecule has 1 heterocycles. The van der Waals surface area contributed by atoms with Crippen LogP contribution in [0.1, 0.15) is 19.5 Å². The molecule has 4 nitrogen and oxygen atoms in total. The molecule has 0 spiro atoms. The van der Waals surface area contributed by atoms with Gasteiger partial charge in [0.25, 0.3) is 0 Å². The number of hydrogen-bond donors (Lipinski definition) is 1. The molecule has 0 saturated carbocycles. The standard InChI is InChI=1S/C7H14N4/c1-7(2,8)4-6-5-9-11(3)10-6/h5H,4,8H2,1-3H3. The molecule has 0 saturated heterocycles. The van der Waals surface area contributed by atoms with Crippen molar-refractivity contribution in [2.75, 3.05) is 0 Å². The fourth-order valence-corrected chi connectivity index (χ4v) is 0.936. The zero-order valence-corrected chi connectivity index (χ0v) is 7.20. The molecule has 2 N–H and O–H groups in total. The van der Waals surface area contributed by atoms with E-state index in [1.54, 1.807) is 18.0 Å². The Morgan fingerprint density at radius 3 is 2.64 bits per heavy atom. The quantitative estimate of drug-likeness (QED) is 0.657. The molecule has 11 heavy (non-hydrogen) atoms. The molecule has 0 atom stereocenters. The van der Waals surface area contributed by atoms with Crippen LogP contribution in [0.15, 0.2) is 6.20 Å². The van der Waals surface area contributed by atoms with Crippen LogP contribution in [0.4, 0.5) is 0 Å². The molecule has 1 aromatic heterocycles. The Balaban J connectivity index is 2.65. The monoisotopic (exact) mass is 154 g/mol. The van der Waals surface area contributed by atoms with Gasteiger partial charge in [0.05, 0.1) is 11.9 Å². The van der Waals surface area contributed by atoms with E-state index in [1.165, 1.54) is 0 Å². The molecule has 0 bridgehead atoms. The van der Waals surface area contributed by atoms with Gasteiger partial charge in [-0.2, -0.15) is 15.0 Å². The molecule has 4 heteroatoms. The Bertz CT molecular complexity index is 233. The largest absolute Gasteiger partial charge is 0.325 e. The van der Waals surface area contributed by atoms with Crippen molar-refractivity contribution in [3.05, 3.63) is 11.9 Å². The summed E-state index contributed by atoms with van der Waals surface area (Å²) in [6, 6.07) is 0. The average molecular weight is 154 g/mol. The molecular formula is C7H14N4. The Kier molecular flexibility index (Phi) is 1.95. The molecule has 0 fully saturated rings. The fraction of sp³-hybridized carbons (Fsp3) is 0.714. The summed E-state index contributed by atoms with van der Waals surface area (Å²) in [7, 11) is 1.80. The highest BCUT2D eigenvalue weighted by atomic mass is 15.4. The van der Waals surface area contributed by atoms with E-state index in [1.807, 2.05) is 13.8 Å². The second-order valence-electron chi connectivity index (χ2n) is 3.49. The molecule has 1 aromatic rings. The van der Waals surface area contributed by atoms with Gasteiger partial charge in [0.1, 0.15) is 0 Å². The number of nitrogens with two attached hydrogens (primary N) is 1. The number of rotatable bonds is 2. The minimum Gasteiger partial charge on any atom is -0.325 e. The van der Waals surface area contributed by atoms with E-state index in [4.69, 9.17) is 5.73 Å². The molecule has 0 aromatic carbocycles. The van der Waals surface area contributed by atoms with Crippen molar-refractivity contribution in [1.82, 2.24) is 15.0 Å². The number of aromatic nitrogens is 3. The maximum Gasteiger partial charge on any atom is 0.0845 e. The van der Waals surface area contributed by atoms with Gasteiger partial charge in [-0.05, 0) is 13.8 Å². The minimum atomic E-state index is -0.198. The minimum absolute atomic E-state index is 0.198. The highest BCUT2D eigenvalue weighted by molar-refractivity contribution is 4.97. The number of aryl methyl sites for hydroxylation is 1. The van der Waals surface area contributed by atoms with Crippen molar-refractivity contribution >= 4 is 0 Å². The van der Waals surface area contributed by atoms with Crippen LogP contribution in [0.5, 0.6) is 0 Å². The first-order valence-corrected chi connectivity index (χ1v) is 3.61. The first-order valence-electron chi connectivity index (χ1n) is 3.61. The van der Waals surface area contributed by atoms with Crippen molar-refractivity contribution in [2.24, 2.45) is 12.8 Å². The predicted octanol–water partition coefficient (Wildman–Crippen LogP) is 0.0949. The van der Waals surface area contributed by atoms with Crippen LogP contribution < -0.4 is 5.73 Å². The lowest BCUT2D eigenvalue weighted by atomic mass is 10.0. The van der Waals surface area contributed by atoms with Crippen LogP contribution in [0.3, 0.4) is 0 Å². The summed E-state index contributed by atoms with van der Waals surface area (Å²) in [5.41, 5.74) is 6.55. The van der Waals surface area contributed by atoms with Gasteiger partial charge in [-0.3, -0.25) is 0 Å². The van der Waals surface area contributed by atoms with E-state index in [0.717, 1.165) is 12.1 Å². The Hall–Kier alpha value is -0.900. The van der Waals surface area contributed by atoms with E-state index >= 15 is 0 Å². The van der Waals surface area contributed by atoms with Crippen LogP contribution in [0.25, 0.3) is 0 Å². The maximum atomic E-state index is 5.80. The molecule has 0 aliphatic heterocycles. The third kappa shape index (κ3) is 2.67. The van der Waals surface area contributed by atoms with E-state index in [0.29, 0.717) is 0 Å². The lowest BCUT2D eigenvalue weighted by Crippen LogP contribution is -2.34. The Morgan fingerprint density at radius 1 is 1.64 bits per heavy atom. The second-order valence-corrected chi connectivity index (χ2v) is 3.49. The lowest BCUT2D eigenvalue weighted by molar-refractivity contribution is 0.505. The summed E-state index contributed by atoms with van der Waals surface area (Å²) in [4.78, 5) is 1.54. The van der Waals surface area contributed by atoms with Crippen LogP contribution in [-0.2, 0) is 13.5 Å². The highest BCUT2D eigenvalue weighted by Crippen LogP contribution is 2.05. The summed E-state index contributed by atoms with van der Waals surface area (Å²) in [5, 5.41) is 8.07. The number of nitrogens with zero attached hydrogens (tertiary/aromatic N) is 3. The Morgan fingerprint density at radius 2 is 2.27 bits per heavy atom. The molecule has 0 radical (unpaired) electrons. The van der Waals surface area contributed by atoms with Crippen LogP contribution in [-0.4, -0.2) is 20.5 Å². The topological polar surface area (TPSA) is 56.7 Å². The summed E-state index contributed by atoms with van der Waals surface area (Å²) in [6.07, 6.45) is 2.51. The fourth-order valence-electron chi connectivity index (χ4n) is 0.936. The van der Waals surface area contributed by atoms with Gasteiger partial charge in [-0.15, -0.1) is 0 Å². The second kappa shape index (κ2) is 2.62. The van der Waals surface area contributed by atoms with E-state index in [9.17, 15) is 0 Å². The third-order valence-electron chi connectivity index (χ3n) is 1.28. The molecule has 0 aliphatic carbocycles. The summed E-state index contributed by atoms with van der Waals surface area (Å²) in [5.74, 6) is 0. The molecule has 62 valence electrons. The molecule has 0 amide bonds. The Labute approximate surface area is 66.4 Å². The molecule has 1 rings (SSSR count). The highest BCUT2D eigenvalue weighted by Gasteiger charge is 2.13. The first kappa shape index (κ1) is 8.20. The van der Waals surface area contributed by atoms with Gasteiger partial charge in [0.15, 0.2) is 0 Å². The molecule has 0 aliphatic rings. The van der Waals surface area contributed by atoms with Gasteiger partial charge in [0.2, 0.25) is 0 Å². The zero-order valence-electron chi connectivity index (χ0n) is 7.20. The first-order chi connectivity index (χ1) is 4.97. The van der Waals surface area contributed by atoms with Crippen molar-refractivity contribution in [2.45, 2.75) is 25.8 Å². The zero-order chi connectivity index (χ0) is 8.48. The van der Waals surface area contributed by atoms with Crippen molar-refractivity contribution in [3.8, 4) is 0 Å². The summed E-state index contributed by atoms with van der Waals surface area (Å²) < 4.78 is 0. The normalized spacial score (nSPS) is 12.0. The van der Waals surface area contributed by atoms with Crippen LogP contribution in [0, 0.1) is 0 Å². The average Bonchev–Trinajstić information content (AvgIpc) is 2.10. The SMILES string of the molecule is Cn1ncc(CC(C)(C)N)n1. The molecule has 0 unspecified atom stereocenters. The van der Waals surface area contributed by atoms with Crippen molar-refractivity contribution in [3.63, 3.8) is 0 Å². The van der Waals surface area contributed by atoms with Crippen molar-refractivity contribution < 1.29 is 0 Å². The third-order valence-corrected chi connectivity index (χ3v) is 1.28. The lowest BCUT2D eigenvalue weighted by Gasteiger charge is -2.15. The van der Waals surface area contributed by atoms with E-state index < -0.39 is 0 Å². The van der Waals surface area contributed by atoms with Crippen molar-refractivity contribution in [1.29, 1.82) is 0 Å². The molecular weight excluding hydrogens is 140 g/mol. The van der Waals surface area contributed by atoms with Gasteiger partial charge >= 0.3 is 0 Å². The smallest absolute Gasteiger partial charge is 0.0845 e. The van der Waals surface area contributed by atoms with Crippen LogP contribution >= 0.6 is 0 Å². The van der Waals surface area contributed by atoms with Gasteiger partial charge in [-0.25, -0.2) is 0 Å². The van der Waals surface area contributed by atoms with Crippen LogP contribution in [0.2, 0.25) is 0 Å².